The van der Waals surface area contributed by atoms with Gasteiger partial charge < -0.3 is 13.4 Å². The second-order valence-electron chi connectivity index (χ2n) is 9.96. The molecule has 3 aromatic heterocycles. The van der Waals surface area contributed by atoms with Crippen LogP contribution in [-0.4, -0.2) is 9.55 Å². The second-order valence-corrected chi connectivity index (χ2v) is 9.96. The number of hydrogen-bond donors (Lipinski definition) is 0. The third-order valence-corrected chi connectivity index (χ3v) is 7.81. The molecule has 0 radical (unpaired) electrons. The van der Waals surface area contributed by atoms with Crippen molar-refractivity contribution in [3.63, 3.8) is 0 Å². The van der Waals surface area contributed by atoms with Gasteiger partial charge in [0.2, 0.25) is 5.89 Å². The molecule has 39 heavy (non-hydrogen) atoms. The summed E-state index contributed by atoms with van der Waals surface area (Å²) in [6, 6.07) is 41.9. The molecule has 4 heteroatoms. The monoisotopic (exact) mass is 500 g/mol. The number of aromatic nitrogens is 2. The third kappa shape index (κ3) is 2.80. The average Bonchev–Trinajstić information content (AvgIpc) is 3.67. The van der Waals surface area contributed by atoms with Crippen LogP contribution in [-0.2, 0) is 0 Å². The molecule has 9 aromatic rings. The Labute approximate surface area is 222 Å². The lowest BCUT2D eigenvalue weighted by molar-refractivity contribution is 0.621. The Morgan fingerprint density at radius 3 is 2.13 bits per heavy atom. The number of hydrogen-bond acceptors (Lipinski definition) is 3. The number of fused-ring (bicyclic) bond motifs is 9. The molecule has 4 nitrogen and oxygen atoms in total. The van der Waals surface area contributed by atoms with Gasteiger partial charge in [0.15, 0.2) is 5.58 Å². The number of para-hydroxylation sites is 3. The smallest absolute Gasteiger partial charge is 0.228 e. The Morgan fingerprint density at radius 1 is 0.513 bits per heavy atom. The first-order chi connectivity index (χ1) is 19.3. The highest BCUT2D eigenvalue weighted by molar-refractivity contribution is 6.23. The summed E-state index contributed by atoms with van der Waals surface area (Å²) in [5.41, 5.74) is 7.62. The first kappa shape index (κ1) is 20.7. The van der Waals surface area contributed by atoms with E-state index in [-0.39, 0.29) is 0 Å². The van der Waals surface area contributed by atoms with Gasteiger partial charge in [-0.05, 0) is 53.2 Å². The number of rotatable bonds is 2. The van der Waals surface area contributed by atoms with E-state index in [0.29, 0.717) is 5.89 Å². The fourth-order valence-electron chi connectivity index (χ4n) is 6.18. The lowest BCUT2D eigenvalue weighted by atomic mass is 9.98. The number of nitrogens with zero attached hydrogens (tertiary/aromatic N) is 2. The van der Waals surface area contributed by atoms with E-state index in [9.17, 15) is 0 Å². The summed E-state index contributed by atoms with van der Waals surface area (Å²) in [5.74, 6) is 0.612. The summed E-state index contributed by atoms with van der Waals surface area (Å²) in [5, 5.41) is 6.58. The second kappa shape index (κ2) is 7.59. The van der Waals surface area contributed by atoms with Crippen molar-refractivity contribution in [3.05, 3.63) is 121 Å². The van der Waals surface area contributed by atoms with Gasteiger partial charge in [-0.15, -0.1) is 0 Å². The molecular weight excluding hydrogens is 480 g/mol. The summed E-state index contributed by atoms with van der Waals surface area (Å²) >= 11 is 0. The zero-order valence-corrected chi connectivity index (χ0v) is 20.8. The molecule has 0 N–H and O–H groups in total. The minimum atomic E-state index is 0.612. The molecule has 3 heterocycles. The van der Waals surface area contributed by atoms with E-state index in [1.807, 2.05) is 30.3 Å². The van der Waals surface area contributed by atoms with E-state index in [0.717, 1.165) is 71.5 Å². The van der Waals surface area contributed by atoms with Gasteiger partial charge in [0, 0.05) is 21.8 Å². The van der Waals surface area contributed by atoms with Gasteiger partial charge in [-0.25, -0.2) is 4.98 Å². The van der Waals surface area contributed by atoms with Crippen LogP contribution in [0.1, 0.15) is 0 Å². The minimum Gasteiger partial charge on any atom is -0.456 e. The molecule has 0 spiro atoms. The highest BCUT2D eigenvalue weighted by atomic mass is 16.4. The van der Waals surface area contributed by atoms with Gasteiger partial charge in [-0.2, -0.15) is 0 Å². The molecule has 0 aliphatic heterocycles. The third-order valence-electron chi connectivity index (χ3n) is 7.81. The molecule has 6 aromatic carbocycles. The molecule has 0 aliphatic carbocycles. The first-order valence-corrected chi connectivity index (χ1v) is 13.1. The molecule has 0 fully saturated rings. The van der Waals surface area contributed by atoms with E-state index in [2.05, 4.69) is 95.6 Å². The molecule has 182 valence electrons. The molecule has 0 bridgehead atoms. The van der Waals surface area contributed by atoms with Crippen molar-refractivity contribution in [3.8, 4) is 17.1 Å². The molecule has 0 amide bonds. The van der Waals surface area contributed by atoms with Crippen molar-refractivity contribution in [2.75, 3.05) is 0 Å². The van der Waals surface area contributed by atoms with Crippen LogP contribution in [0.5, 0.6) is 0 Å². The number of oxazole rings is 1. The first-order valence-electron chi connectivity index (χ1n) is 13.1. The van der Waals surface area contributed by atoms with Crippen molar-refractivity contribution in [1.29, 1.82) is 0 Å². The van der Waals surface area contributed by atoms with Crippen molar-refractivity contribution < 1.29 is 8.83 Å². The van der Waals surface area contributed by atoms with Crippen molar-refractivity contribution in [1.82, 2.24) is 9.55 Å². The highest BCUT2D eigenvalue weighted by Crippen LogP contribution is 2.44. The lowest BCUT2D eigenvalue weighted by Gasteiger charge is -2.10. The molecule has 0 saturated carbocycles. The van der Waals surface area contributed by atoms with E-state index in [1.165, 1.54) is 5.39 Å². The van der Waals surface area contributed by atoms with Crippen LogP contribution in [0.3, 0.4) is 0 Å². The predicted molar refractivity (Wildman–Crippen MR) is 159 cm³/mol. The quantitative estimate of drug-likeness (QED) is 0.237. The molecular formula is C35H20N2O2. The van der Waals surface area contributed by atoms with Gasteiger partial charge in [0.1, 0.15) is 16.7 Å². The standard InChI is InChI=1S/C35H20N2O2/c1-2-11-22(12-3-1)37-26-16-8-6-14-24(26)31-27(37)20-21-10-4-5-13-23(21)33(31)35-36-34-30(39-35)19-18-29-32(34)25-15-7-9-17-28(25)38-29/h1-20H. The topological polar surface area (TPSA) is 44.1 Å². The van der Waals surface area contributed by atoms with E-state index in [4.69, 9.17) is 13.8 Å². The Bertz CT molecular complexity index is 2390. The fourth-order valence-corrected chi connectivity index (χ4v) is 6.18. The van der Waals surface area contributed by atoms with Crippen LogP contribution in [0.4, 0.5) is 0 Å². The maximum Gasteiger partial charge on any atom is 0.228 e. The van der Waals surface area contributed by atoms with Gasteiger partial charge in [0.05, 0.1) is 22.0 Å². The van der Waals surface area contributed by atoms with Gasteiger partial charge in [0.25, 0.3) is 0 Å². The largest absolute Gasteiger partial charge is 0.456 e. The Kier molecular flexibility index (Phi) is 4.02. The van der Waals surface area contributed by atoms with Crippen molar-refractivity contribution in [2.45, 2.75) is 0 Å². The molecule has 0 atom stereocenters. The number of benzene rings is 6. The van der Waals surface area contributed by atoms with Crippen LogP contribution < -0.4 is 0 Å². The zero-order valence-electron chi connectivity index (χ0n) is 20.8. The van der Waals surface area contributed by atoms with Crippen LogP contribution in [0.25, 0.3) is 82.8 Å². The molecule has 0 unspecified atom stereocenters. The normalized spacial score (nSPS) is 12.1. The average molecular weight is 501 g/mol. The van der Waals surface area contributed by atoms with Crippen LogP contribution >= 0.6 is 0 Å². The predicted octanol–water partition coefficient (Wildman–Crippen LogP) is 9.64. The Hall–Kier alpha value is -5.35. The highest BCUT2D eigenvalue weighted by Gasteiger charge is 2.23. The van der Waals surface area contributed by atoms with E-state index in [1.54, 1.807) is 0 Å². The molecule has 0 saturated heterocycles. The summed E-state index contributed by atoms with van der Waals surface area (Å²) in [4.78, 5) is 5.19. The Morgan fingerprint density at radius 2 is 1.23 bits per heavy atom. The maximum absolute atomic E-state index is 6.60. The van der Waals surface area contributed by atoms with Crippen LogP contribution in [0, 0.1) is 0 Å². The zero-order chi connectivity index (χ0) is 25.5. The lowest BCUT2D eigenvalue weighted by Crippen LogP contribution is -1.93. The Balaban J connectivity index is 1.47. The van der Waals surface area contributed by atoms with Gasteiger partial charge in [-0.3, -0.25) is 0 Å². The summed E-state index contributed by atoms with van der Waals surface area (Å²) in [7, 11) is 0. The summed E-state index contributed by atoms with van der Waals surface area (Å²) in [6.45, 7) is 0. The van der Waals surface area contributed by atoms with Crippen molar-refractivity contribution in [2.24, 2.45) is 0 Å². The fraction of sp³-hybridized carbons (Fsp3) is 0. The minimum absolute atomic E-state index is 0.612. The van der Waals surface area contributed by atoms with Crippen LogP contribution in [0.15, 0.2) is 130 Å². The molecule has 9 rings (SSSR count). The van der Waals surface area contributed by atoms with Gasteiger partial charge >= 0.3 is 0 Å². The maximum atomic E-state index is 6.60. The summed E-state index contributed by atoms with van der Waals surface area (Å²) in [6.07, 6.45) is 0. The van der Waals surface area contributed by atoms with E-state index < -0.39 is 0 Å². The SMILES string of the molecule is c1ccc(-n2c3ccccc3c3c(-c4nc5c(ccc6oc7ccccc7c65)o4)c4ccccc4cc32)cc1. The summed E-state index contributed by atoms with van der Waals surface area (Å²) < 4.78 is 15.1. The van der Waals surface area contributed by atoms with Crippen molar-refractivity contribution >= 4 is 65.6 Å². The van der Waals surface area contributed by atoms with Crippen LogP contribution in [0.2, 0.25) is 0 Å². The number of furan rings is 1. The van der Waals surface area contributed by atoms with Gasteiger partial charge in [-0.1, -0.05) is 78.9 Å². The van der Waals surface area contributed by atoms with E-state index >= 15 is 0 Å². The molecule has 0 aliphatic rings.